The Hall–Kier alpha value is -1.81. The number of halogens is 3. The number of carbonyl (C=O) groups is 1. The first-order chi connectivity index (χ1) is 11.6. The summed E-state index contributed by atoms with van der Waals surface area (Å²) in [6.07, 6.45) is -4.14. The molecule has 2 rings (SSSR count). The fourth-order valence-corrected chi connectivity index (χ4v) is 4.26. The zero-order valence-corrected chi connectivity index (χ0v) is 14.3. The number of piperidine rings is 1. The maximum absolute atomic E-state index is 12.7. The summed E-state index contributed by atoms with van der Waals surface area (Å²) in [5.41, 5.74) is 0. The van der Waals surface area contributed by atoms with Crippen molar-refractivity contribution >= 4 is 16.0 Å². The minimum Gasteiger partial charge on any atom is -0.466 e. The lowest BCUT2D eigenvalue weighted by atomic mass is 10.0. The van der Waals surface area contributed by atoms with Gasteiger partial charge >= 0.3 is 12.3 Å². The van der Waals surface area contributed by atoms with Crippen LogP contribution in [-0.4, -0.2) is 44.8 Å². The number of ether oxygens (including phenoxy) is 2. The zero-order valence-electron chi connectivity index (χ0n) is 13.5. The monoisotopic (exact) mass is 381 g/mol. The molecule has 0 spiro atoms. The third-order valence-electron chi connectivity index (χ3n) is 3.70. The van der Waals surface area contributed by atoms with Gasteiger partial charge in [-0.3, -0.25) is 4.79 Å². The molecule has 140 valence electrons. The Morgan fingerprint density at radius 1 is 1.32 bits per heavy atom. The molecule has 0 amide bonds. The molecule has 0 N–H and O–H groups in total. The number of hydrogen-bond acceptors (Lipinski definition) is 5. The van der Waals surface area contributed by atoms with Gasteiger partial charge in [0.1, 0.15) is 10.6 Å². The van der Waals surface area contributed by atoms with Crippen molar-refractivity contribution in [2.75, 3.05) is 19.7 Å². The lowest BCUT2D eigenvalue weighted by Crippen LogP contribution is -2.42. The van der Waals surface area contributed by atoms with Crippen LogP contribution in [0.25, 0.3) is 0 Å². The number of nitrogens with zero attached hydrogens (tertiary/aromatic N) is 1. The van der Waals surface area contributed by atoms with Gasteiger partial charge in [0.2, 0.25) is 10.0 Å². The van der Waals surface area contributed by atoms with Gasteiger partial charge in [-0.2, -0.15) is 4.31 Å². The van der Waals surface area contributed by atoms with Crippen LogP contribution < -0.4 is 4.74 Å². The summed E-state index contributed by atoms with van der Waals surface area (Å²) in [6.45, 7) is 1.78. The van der Waals surface area contributed by atoms with E-state index in [9.17, 15) is 26.4 Å². The molecular formula is C15H18F3NO5S. The number of rotatable bonds is 5. The van der Waals surface area contributed by atoms with Gasteiger partial charge in [0.05, 0.1) is 12.5 Å². The molecule has 10 heteroatoms. The maximum atomic E-state index is 12.7. The van der Waals surface area contributed by atoms with Crippen molar-refractivity contribution in [3.05, 3.63) is 24.3 Å². The molecule has 1 aliphatic rings. The van der Waals surface area contributed by atoms with E-state index in [4.69, 9.17) is 4.74 Å². The molecule has 0 radical (unpaired) electrons. The normalized spacial score (nSPS) is 19.4. The van der Waals surface area contributed by atoms with Crippen LogP contribution in [0.5, 0.6) is 5.75 Å². The molecule has 1 aliphatic heterocycles. The van der Waals surface area contributed by atoms with E-state index in [1.807, 2.05) is 0 Å². The molecule has 1 atom stereocenters. The Kier molecular flexibility index (Phi) is 5.94. The van der Waals surface area contributed by atoms with Crippen molar-refractivity contribution < 1.29 is 35.9 Å². The standard InChI is InChI=1S/C15H18F3NO5S/c1-2-23-14(20)11-6-5-9-19(10-11)25(21,22)13-8-4-3-7-12(13)24-15(16,17)18/h3-4,7-8,11H,2,5-6,9-10H2,1H3. The highest BCUT2D eigenvalue weighted by atomic mass is 32.2. The number of benzene rings is 1. The Morgan fingerprint density at radius 3 is 2.64 bits per heavy atom. The minimum atomic E-state index is -5.01. The third-order valence-corrected chi connectivity index (χ3v) is 5.60. The van der Waals surface area contributed by atoms with Crippen LogP contribution in [0.2, 0.25) is 0 Å². The van der Waals surface area contributed by atoms with E-state index in [0.717, 1.165) is 16.4 Å². The summed E-state index contributed by atoms with van der Waals surface area (Å²) in [6, 6.07) is 4.54. The first-order valence-corrected chi connectivity index (χ1v) is 9.10. The van der Waals surface area contributed by atoms with E-state index in [0.29, 0.717) is 12.8 Å². The van der Waals surface area contributed by atoms with Crippen molar-refractivity contribution in [3.8, 4) is 5.75 Å². The Balaban J connectivity index is 2.28. The highest BCUT2D eigenvalue weighted by Crippen LogP contribution is 2.33. The van der Waals surface area contributed by atoms with Crippen LogP contribution in [0, 0.1) is 5.92 Å². The molecule has 1 unspecified atom stereocenters. The van der Waals surface area contributed by atoms with E-state index in [2.05, 4.69) is 4.74 Å². The van der Waals surface area contributed by atoms with Crippen molar-refractivity contribution in [1.29, 1.82) is 0 Å². The molecule has 25 heavy (non-hydrogen) atoms. The van der Waals surface area contributed by atoms with E-state index in [-0.39, 0.29) is 19.7 Å². The molecule has 6 nitrogen and oxygen atoms in total. The predicted octanol–water partition coefficient (Wildman–Crippen LogP) is 2.55. The van der Waals surface area contributed by atoms with Gasteiger partial charge in [0, 0.05) is 13.1 Å². The van der Waals surface area contributed by atoms with Crippen LogP contribution in [0.15, 0.2) is 29.2 Å². The smallest absolute Gasteiger partial charge is 0.466 e. The van der Waals surface area contributed by atoms with Crippen molar-refractivity contribution in [2.24, 2.45) is 5.92 Å². The molecular weight excluding hydrogens is 363 g/mol. The fourth-order valence-electron chi connectivity index (χ4n) is 2.62. The molecule has 1 aromatic carbocycles. The minimum absolute atomic E-state index is 0.110. The second kappa shape index (κ2) is 7.61. The van der Waals surface area contributed by atoms with Gasteiger partial charge in [0.15, 0.2) is 0 Å². The lowest BCUT2D eigenvalue weighted by Gasteiger charge is -2.31. The van der Waals surface area contributed by atoms with Gasteiger partial charge in [-0.25, -0.2) is 8.42 Å². The van der Waals surface area contributed by atoms with Crippen molar-refractivity contribution in [1.82, 2.24) is 4.31 Å². The zero-order chi connectivity index (χ0) is 18.7. The summed E-state index contributed by atoms with van der Waals surface area (Å²) in [5, 5.41) is 0. The molecule has 0 aromatic heterocycles. The molecule has 1 fully saturated rings. The average molecular weight is 381 g/mol. The molecule has 1 aromatic rings. The third kappa shape index (κ3) is 4.85. The number of sulfonamides is 1. The second-order valence-electron chi connectivity index (χ2n) is 5.45. The summed E-state index contributed by atoms with van der Waals surface area (Å²) >= 11 is 0. The van der Waals surface area contributed by atoms with Crippen LogP contribution >= 0.6 is 0 Å². The van der Waals surface area contributed by atoms with E-state index in [1.54, 1.807) is 6.92 Å². The van der Waals surface area contributed by atoms with E-state index >= 15 is 0 Å². The van der Waals surface area contributed by atoms with Gasteiger partial charge in [-0.1, -0.05) is 12.1 Å². The quantitative estimate of drug-likeness (QED) is 0.733. The van der Waals surface area contributed by atoms with Crippen molar-refractivity contribution in [3.63, 3.8) is 0 Å². The molecule has 1 saturated heterocycles. The predicted molar refractivity (Wildman–Crippen MR) is 81.2 cm³/mol. The topological polar surface area (TPSA) is 72.9 Å². The van der Waals surface area contributed by atoms with E-state index in [1.165, 1.54) is 12.1 Å². The average Bonchev–Trinajstić information content (AvgIpc) is 2.54. The van der Waals surface area contributed by atoms with Crippen molar-refractivity contribution in [2.45, 2.75) is 31.0 Å². The molecule has 1 heterocycles. The Morgan fingerprint density at radius 2 is 2.00 bits per heavy atom. The maximum Gasteiger partial charge on any atom is 0.573 e. The van der Waals surface area contributed by atoms with Crippen LogP contribution in [0.3, 0.4) is 0 Å². The summed E-state index contributed by atoms with van der Waals surface area (Å²) < 4.78 is 72.8. The second-order valence-corrected chi connectivity index (χ2v) is 7.36. The molecule has 0 bridgehead atoms. The number of esters is 1. The van der Waals surface area contributed by atoms with Gasteiger partial charge in [0.25, 0.3) is 0 Å². The highest BCUT2D eigenvalue weighted by Gasteiger charge is 2.38. The Labute approximate surface area is 143 Å². The van der Waals surface area contributed by atoms with Crippen LogP contribution in [-0.2, 0) is 19.6 Å². The first kappa shape index (κ1) is 19.5. The Bertz CT molecular complexity index is 720. The summed E-state index contributed by atoms with van der Waals surface area (Å²) in [4.78, 5) is 11.3. The largest absolute Gasteiger partial charge is 0.573 e. The van der Waals surface area contributed by atoms with Crippen LogP contribution in [0.4, 0.5) is 13.2 Å². The lowest BCUT2D eigenvalue weighted by molar-refractivity contribution is -0.275. The number of hydrogen-bond donors (Lipinski definition) is 0. The van der Waals surface area contributed by atoms with Gasteiger partial charge in [-0.05, 0) is 31.9 Å². The number of para-hydroxylation sites is 1. The molecule has 0 aliphatic carbocycles. The number of carbonyl (C=O) groups excluding carboxylic acids is 1. The SMILES string of the molecule is CCOC(=O)C1CCCN(S(=O)(=O)c2ccccc2OC(F)(F)F)C1. The summed E-state index contributed by atoms with van der Waals surface area (Å²) in [7, 11) is -4.25. The number of alkyl halides is 3. The van der Waals surface area contributed by atoms with Gasteiger partial charge < -0.3 is 9.47 Å². The summed E-state index contributed by atoms with van der Waals surface area (Å²) in [5.74, 6) is -1.95. The highest BCUT2D eigenvalue weighted by molar-refractivity contribution is 7.89. The molecule has 0 saturated carbocycles. The van der Waals surface area contributed by atoms with Crippen LogP contribution in [0.1, 0.15) is 19.8 Å². The van der Waals surface area contributed by atoms with E-state index < -0.39 is 38.9 Å². The van der Waals surface area contributed by atoms with Gasteiger partial charge in [-0.15, -0.1) is 13.2 Å². The fraction of sp³-hybridized carbons (Fsp3) is 0.533. The first-order valence-electron chi connectivity index (χ1n) is 7.66.